The third kappa shape index (κ3) is 2.89. The highest BCUT2D eigenvalue weighted by Gasteiger charge is 2.07. The van der Waals surface area contributed by atoms with Crippen LogP contribution in [0, 0.1) is 5.82 Å². The third-order valence-electron chi connectivity index (χ3n) is 2.29. The van der Waals surface area contributed by atoms with Gasteiger partial charge >= 0.3 is 0 Å². The van der Waals surface area contributed by atoms with E-state index in [0.29, 0.717) is 17.3 Å². The molecule has 1 aromatic carbocycles. The number of aryl methyl sites for hydroxylation is 1. The van der Waals surface area contributed by atoms with Crippen molar-refractivity contribution in [1.82, 2.24) is 15.0 Å². The Morgan fingerprint density at radius 3 is 2.94 bits per heavy atom. The molecule has 17 heavy (non-hydrogen) atoms. The molecule has 0 aliphatic carbocycles. The molecule has 0 radical (unpaired) electrons. The zero-order valence-electron chi connectivity index (χ0n) is 8.98. The summed E-state index contributed by atoms with van der Waals surface area (Å²) in [7, 11) is 0. The van der Waals surface area contributed by atoms with Gasteiger partial charge in [0.25, 0.3) is 0 Å². The van der Waals surface area contributed by atoms with E-state index in [1.54, 1.807) is 16.9 Å². The highest BCUT2D eigenvalue weighted by atomic mass is 79.9. The molecular formula is C11H11BrFN3O. The summed E-state index contributed by atoms with van der Waals surface area (Å²) in [4.78, 5) is 0. The van der Waals surface area contributed by atoms with E-state index < -0.39 is 0 Å². The number of halogens is 2. The van der Waals surface area contributed by atoms with Gasteiger partial charge in [-0.2, -0.15) is 0 Å². The van der Waals surface area contributed by atoms with E-state index in [1.165, 1.54) is 12.1 Å². The minimum Gasteiger partial charge on any atom is -0.396 e. The lowest BCUT2D eigenvalue weighted by molar-refractivity contribution is 0.288. The molecule has 0 spiro atoms. The van der Waals surface area contributed by atoms with Crippen LogP contribution < -0.4 is 0 Å². The Morgan fingerprint density at radius 1 is 1.41 bits per heavy atom. The molecule has 1 N–H and O–H groups in total. The molecule has 1 heterocycles. The first-order valence-corrected chi connectivity index (χ1v) is 5.97. The Hall–Kier alpha value is -1.27. The van der Waals surface area contributed by atoms with Crippen molar-refractivity contribution < 1.29 is 9.50 Å². The molecule has 90 valence electrons. The Balaban J connectivity index is 2.24. The predicted molar refractivity (Wildman–Crippen MR) is 64.4 cm³/mol. The van der Waals surface area contributed by atoms with Crippen LogP contribution in [0.2, 0.25) is 0 Å². The fourth-order valence-electron chi connectivity index (χ4n) is 1.46. The molecule has 2 aromatic rings. The van der Waals surface area contributed by atoms with E-state index >= 15 is 0 Å². The van der Waals surface area contributed by atoms with Crippen molar-refractivity contribution in [2.75, 3.05) is 6.61 Å². The largest absolute Gasteiger partial charge is 0.396 e. The van der Waals surface area contributed by atoms with Crippen molar-refractivity contribution in [3.63, 3.8) is 0 Å². The second-order valence-electron chi connectivity index (χ2n) is 3.58. The SMILES string of the molecule is OCCCc1cn(-c2ccc(F)cc2Br)nn1. The average Bonchev–Trinajstić information content (AvgIpc) is 2.75. The molecular weight excluding hydrogens is 289 g/mol. The zero-order chi connectivity index (χ0) is 12.3. The molecule has 0 atom stereocenters. The molecule has 0 fully saturated rings. The van der Waals surface area contributed by atoms with Crippen LogP contribution in [-0.2, 0) is 6.42 Å². The molecule has 0 bridgehead atoms. The second kappa shape index (κ2) is 5.37. The molecule has 2 rings (SSSR count). The number of hydrogen-bond donors (Lipinski definition) is 1. The normalized spacial score (nSPS) is 10.8. The first-order valence-electron chi connectivity index (χ1n) is 5.18. The standard InChI is InChI=1S/C11H11BrFN3O/c12-10-6-8(13)3-4-11(10)16-7-9(14-15-16)2-1-5-17/h3-4,6-7,17H,1-2,5H2. The summed E-state index contributed by atoms with van der Waals surface area (Å²) >= 11 is 3.28. The van der Waals surface area contributed by atoms with E-state index in [2.05, 4.69) is 26.2 Å². The fraction of sp³-hybridized carbons (Fsp3) is 0.273. The lowest BCUT2D eigenvalue weighted by atomic mass is 10.2. The van der Waals surface area contributed by atoms with Gasteiger partial charge in [-0.25, -0.2) is 9.07 Å². The number of nitrogens with zero attached hydrogens (tertiary/aromatic N) is 3. The first kappa shape index (κ1) is 12.2. The highest BCUT2D eigenvalue weighted by Crippen LogP contribution is 2.21. The average molecular weight is 300 g/mol. The number of benzene rings is 1. The van der Waals surface area contributed by atoms with Gasteiger partial charge in [0, 0.05) is 11.1 Å². The summed E-state index contributed by atoms with van der Waals surface area (Å²) < 4.78 is 15.1. The topological polar surface area (TPSA) is 50.9 Å². The Labute approximate surface area is 106 Å². The molecule has 4 nitrogen and oxygen atoms in total. The summed E-state index contributed by atoms with van der Waals surface area (Å²) in [6.45, 7) is 0.132. The van der Waals surface area contributed by atoms with E-state index in [-0.39, 0.29) is 12.4 Å². The first-order chi connectivity index (χ1) is 8.20. The maximum Gasteiger partial charge on any atom is 0.124 e. The van der Waals surface area contributed by atoms with Crippen LogP contribution in [0.4, 0.5) is 4.39 Å². The minimum atomic E-state index is -0.304. The maximum absolute atomic E-state index is 12.9. The molecule has 0 unspecified atom stereocenters. The number of rotatable bonds is 4. The molecule has 0 amide bonds. The van der Waals surface area contributed by atoms with Crippen molar-refractivity contribution in [1.29, 1.82) is 0 Å². The lowest BCUT2D eigenvalue weighted by Crippen LogP contribution is -1.96. The Kier molecular flexibility index (Phi) is 3.86. The minimum absolute atomic E-state index is 0.132. The number of aliphatic hydroxyl groups is 1. The van der Waals surface area contributed by atoms with Crippen LogP contribution in [0.1, 0.15) is 12.1 Å². The van der Waals surface area contributed by atoms with Gasteiger partial charge in [0.15, 0.2) is 0 Å². The maximum atomic E-state index is 12.9. The fourth-order valence-corrected chi connectivity index (χ4v) is 1.99. The Bertz CT molecular complexity index is 515. The molecule has 1 aromatic heterocycles. The van der Waals surface area contributed by atoms with Gasteiger partial charge in [-0.05, 0) is 47.0 Å². The van der Waals surface area contributed by atoms with Gasteiger partial charge in [0.2, 0.25) is 0 Å². The van der Waals surface area contributed by atoms with Gasteiger partial charge in [-0.15, -0.1) is 5.10 Å². The van der Waals surface area contributed by atoms with Gasteiger partial charge in [-0.3, -0.25) is 0 Å². The van der Waals surface area contributed by atoms with Gasteiger partial charge in [0.05, 0.1) is 17.6 Å². The van der Waals surface area contributed by atoms with Crippen molar-refractivity contribution in [3.05, 3.63) is 40.4 Å². The molecule has 0 aliphatic rings. The smallest absolute Gasteiger partial charge is 0.124 e. The predicted octanol–water partition coefficient (Wildman–Crippen LogP) is 2.09. The van der Waals surface area contributed by atoms with Crippen LogP contribution >= 0.6 is 15.9 Å². The number of aromatic nitrogens is 3. The zero-order valence-corrected chi connectivity index (χ0v) is 10.6. The van der Waals surface area contributed by atoms with Crippen LogP contribution in [0.3, 0.4) is 0 Å². The highest BCUT2D eigenvalue weighted by molar-refractivity contribution is 9.10. The molecule has 0 aliphatic heterocycles. The summed E-state index contributed by atoms with van der Waals surface area (Å²) in [5.74, 6) is -0.304. The lowest BCUT2D eigenvalue weighted by Gasteiger charge is -2.02. The van der Waals surface area contributed by atoms with Gasteiger partial charge < -0.3 is 5.11 Å². The van der Waals surface area contributed by atoms with E-state index in [1.807, 2.05) is 0 Å². The van der Waals surface area contributed by atoms with Crippen molar-refractivity contribution >= 4 is 15.9 Å². The summed E-state index contributed by atoms with van der Waals surface area (Å²) in [5, 5.41) is 16.7. The van der Waals surface area contributed by atoms with Crippen LogP contribution in [0.15, 0.2) is 28.9 Å². The van der Waals surface area contributed by atoms with E-state index in [0.717, 1.165) is 11.4 Å². The molecule has 6 heteroatoms. The van der Waals surface area contributed by atoms with Crippen LogP contribution in [-0.4, -0.2) is 26.7 Å². The van der Waals surface area contributed by atoms with Crippen molar-refractivity contribution in [2.24, 2.45) is 0 Å². The van der Waals surface area contributed by atoms with E-state index in [4.69, 9.17) is 5.11 Å². The van der Waals surface area contributed by atoms with Gasteiger partial charge in [0.1, 0.15) is 5.82 Å². The summed E-state index contributed by atoms with van der Waals surface area (Å²) in [6.07, 6.45) is 3.10. The quantitative estimate of drug-likeness (QED) is 0.940. The van der Waals surface area contributed by atoms with Crippen molar-refractivity contribution in [2.45, 2.75) is 12.8 Å². The van der Waals surface area contributed by atoms with Crippen LogP contribution in [0.25, 0.3) is 5.69 Å². The third-order valence-corrected chi connectivity index (χ3v) is 2.92. The molecule has 0 saturated heterocycles. The second-order valence-corrected chi connectivity index (χ2v) is 4.43. The number of aliphatic hydroxyl groups excluding tert-OH is 1. The van der Waals surface area contributed by atoms with Crippen molar-refractivity contribution in [3.8, 4) is 5.69 Å². The van der Waals surface area contributed by atoms with E-state index in [9.17, 15) is 4.39 Å². The monoisotopic (exact) mass is 299 g/mol. The summed E-state index contributed by atoms with van der Waals surface area (Å²) in [5.41, 5.74) is 1.53. The summed E-state index contributed by atoms with van der Waals surface area (Å²) in [6, 6.07) is 4.38. The van der Waals surface area contributed by atoms with Gasteiger partial charge in [-0.1, -0.05) is 5.21 Å². The number of hydrogen-bond acceptors (Lipinski definition) is 3. The Morgan fingerprint density at radius 2 is 2.24 bits per heavy atom. The van der Waals surface area contributed by atoms with Crippen LogP contribution in [0.5, 0.6) is 0 Å². The molecule has 0 saturated carbocycles.